The van der Waals surface area contributed by atoms with Crippen LogP contribution in [0.2, 0.25) is 0 Å². The van der Waals surface area contributed by atoms with Crippen molar-refractivity contribution in [1.82, 2.24) is 5.32 Å². The van der Waals surface area contributed by atoms with Crippen molar-refractivity contribution in [2.45, 2.75) is 24.8 Å². The van der Waals surface area contributed by atoms with Crippen LogP contribution in [0.15, 0.2) is 52.2 Å². The molecule has 0 bridgehead atoms. The molecule has 2 nitrogen and oxygen atoms in total. The molecular weight excluding hydrogens is 242 g/mol. The maximum atomic E-state index is 5.18. The summed E-state index contributed by atoms with van der Waals surface area (Å²) in [6.07, 6.45) is 3.53. The van der Waals surface area contributed by atoms with Crippen LogP contribution >= 0.6 is 11.8 Å². The van der Waals surface area contributed by atoms with Crippen molar-refractivity contribution in [3.8, 4) is 0 Å². The van der Waals surface area contributed by atoms with E-state index >= 15 is 0 Å². The van der Waals surface area contributed by atoms with Crippen LogP contribution in [0.1, 0.15) is 31.0 Å². The van der Waals surface area contributed by atoms with Gasteiger partial charge in [0, 0.05) is 10.5 Å². The van der Waals surface area contributed by atoms with E-state index in [1.807, 2.05) is 24.1 Å². The predicted octanol–water partition coefficient (Wildman–Crippen LogP) is 4.09. The summed E-state index contributed by atoms with van der Waals surface area (Å²) in [4.78, 5) is 1.32. The Kier molecular flexibility index (Phi) is 4.90. The van der Waals surface area contributed by atoms with Crippen LogP contribution in [-0.4, -0.2) is 12.3 Å². The molecule has 1 aromatic carbocycles. The third-order valence-corrected chi connectivity index (χ3v) is 3.70. The number of nitrogens with one attached hydrogen (secondary N) is 1. The molecule has 0 aliphatic carbocycles. The number of hydrogen-bond donors (Lipinski definition) is 1. The zero-order chi connectivity index (χ0) is 12.8. The summed E-state index contributed by atoms with van der Waals surface area (Å²) in [5, 5.41) is 3.49. The van der Waals surface area contributed by atoms with E-state index in [1.165, 1.54) is 16.0 Å². The lowest BCUT2D eigenvalue weighted by atomic mass is 10.0. The zero-order valence-electron chi connectivity index (χ0n) is 10.8. The fraction of sp³-hybridized carbons (Fsp3) is 0.333. The smallest absolute Gasteiger partial charge is 0.0953 e. The topological polar surface area (TPSA) is 25.2 Å². The zero-order valence-corrected chi connectivity index (χ0v) is 11.7. The maximum Gasteiger partial charge on any atom is 0.0953 e. The molecule has 1 atom stereocenters. The molecule has 1 N–H and O–H groups in total. The number of furan rings is 1. The summed E-state index contributed by atoms with van der Waals surface area (Å²) in [6, 6.07) is 11.0. The van der Waals surface area contributed by atoms with E-state index in [1.54, 1.807) is 6.26 Å². The molecular formula is C15H19NOS. The van der Waals surface area contributed by atoms with Crippen LogP contribution in [0.4, 0.5) is 0 Å². The molecule has 2 rings (SSSR count). The van der Waals surface area contributed by atoms with Gasteiger partial charge in [0.2, 0.25) is 0 Å². The molecule has 1 heterocycles. The van der Waals surface area contributed by atoms with Crippen molar-refractivity contribution in [2.24, 2.45) is 0 Å². The second kappa shape index (κ2) is 6.66. The first kappa shape index (κ1) is 13.2. The SMILES string of the molecule is CCNC(c1ccc(SCC)cc1)c1ccoc1. The molecule has 0 aliphatic heterocycles. The highest BCUT2D eigenvalue weighted by Gasteiger charge is 2.13. The van der Waals surface area contributed by atoms with E-state index in [2.05, 4.69) is 43.4 Å². The average molecular weight is 261 g/mol. The quantitative estimate of drug-likeness (QED) is 0.793. The highest BCUT2D eigenvalue weighted by molar-refractivity contribution is 7.99. The normalized spacial score (nSPS) is 12.6. The maximum absolute atomic E-state index is 5.18. The monoisotopic (exact) mass is 261 g/mol. The van der Waals surface area contributed by atoms with Crippen molar-refractivity contribution in [3.63, 3.8) is 0 Å². The predicted molar refractivity (Wildman–Crippen MR) is 77.1 cm³/mol. The molecule has 1 unspecified atom stereocenters. The van der Waals surface area contributed by atoms with E-state index in [0.717, 1.165) is 12.3 Å². The summed E-state index contributed by atoms with van der Waals surface area (Å²) in [5.41, 5.74) is 2.45. The van der Waals surface area contributed by atoms with Gasteiger partial charge in [0.1, 0.15) is 0 Å². The Morgan fingerprint density at radius 3 is 2.44 bits per heavy atom. The molecule has 1 aromatic heterocycles. The number of benzene rings is 1. The standard InChI is InChI=1S/C15H19NOS/c1-3-16-15(13-9-10-17-11-13)12-5-7-14(8-6-12)18-4-2/h5-11,15-16H,3-4H2,1-2H3. The van der Waals surface area contributed by atoms with Crippen LogP contribution in [0.3, 0.4) is 0 Å². The lowest BCUT2D eigenvalue weighted by molar-refractivity contribution is 0.553. The van der Waals surface area contributed by atoms with Gasteiger partial charge < -0.3 is 9.73 Å². The van der Waals surface area contributed by atoms with E-state index in [0.29, 0.717) is 0 Å². The summed E-state index contributed by atoms with van der Waals surface area (Å²) >= 11 is 1.87. The lowest BCUT2D eigenvalue weighted by Crippen LogP contribution is -2.21. The van der Waals surface area contributed by atoms with Gasteiger partial charge in [0.15, 0.2) is 0 Å². The van der Waals surface area contributed by atoms with Crippen molar-refractivity contribution in [3.05, 3.63) is 54.0 Å². The van der Waals surface area contributed by atoms with Gasteiger partial charge in [-0.15, -0.1) is 11.8 Å². The van der Waals surface area contributed by atoms with Gasteiger partial charge in [-0.1, -0.05) is 26.0 Å². The summed E-state index contributed by atoms with van der Waals surface area (Å²) in [5.74, 6) is 1.11. The van der Waals surface area contributed by atoms with Gasteiger partial charge in [0.25, 0.3) is 0 Å². The summed E-state index contributed by atoms with van der Waals surface area (Å²) in [6.45, 7) is 5.22. The minimum absolute atomic E-state index is 0.217. The van der Waals surface area contributed by atoms with Crippen LogP contribution in [0.5, 0.6) is 0 Å². The Hall–Kier alpha value is -1.19. The Labute approximate surface area is 113 Å². The van der Waals surface area contributed by atoms with Crippen LogP contribution in [-0.2, 0) is 0 Å². The number of hydrogen-bond acceptors (Lipinski definition) is 3. The fourth-order valence-electron chi connectivity index (χ4n) is 1.99. The van der Waals surface area contributed by atoms with Gasteiger partial charge in [-0.2, -0.15) is 0 Å². The van der Waals surface area contributed by atoms with Crippen LogP contribution < -0.4 is 5.32 Å². The highest BCUT2D eigenvalue weighted by atomic mass is 32.2. The molecule has 0 saturated carbocycles. The van der Waals surface area contributed by atoms with E-state index in [4.69, 9.17) is 4.42 Å². The lowest BCUT2D eigenvalue weighted by Gasteiger charge is -2.17. The second-order valence-corrected chi connectivity index (χ2v) is 5.39. The third kappa shape index (κ3) is 3.18. The first-order valence-electron chi connectivity index (χ1n) is 6.33. The van der Waals surface area contributed by atoms with Gasteiger partial charge in [-0.25, -0.2) is 0 Å². The molecule has 18 heavy (non-hydrogen) atoms. The summed E-state index contributed by atoms with van der Waals surface area (Å²) in [7, 11) is 0. The molecule has 0 fully saturated rings. The van der Waals surface area contributed by atoms with Gasteiger partial charge >= 0.3 is 0 Å². The van der Waals surface area contributed by atoms with Gasteiger partial charge in [-0.3, -0.25) is 0 Å². The van der Waals surface area contributed by atoms with E-state index in [9.17, 15) is 0 Å². The molecule has 0 aliphatic rings. The minimum atomic E-state index is 0.217. The van der Waals surface area contributed by atoms with Crippen molar-refractivity contribution < 1.29 is 4.42 Å². The van der Waals surface area contributed by atoms with E-state index < -0.39 is 0 Å². The first-order chi connectivity index (χ1) is 8.85. The molecule has 0 radical (unpaired) electrons. The van der Waals surface area contributed by atoms with E-state index in [-0.39, 0.29) is 6.04 Å². The Bertz CT molecular complexity index is 450. The largest absolute Gasteiger partial charge is 0.472 e. The van der Waals surface area contributed by atoms with Crippen molar-refractivity contribution in [1.29, 1.82) is 0 Å². The molecule has 0 spiro atoms. The Balaban J connectivity index is 2.20. The molecule has 0 amide bonds. The fourth-order valence-corrected chi connectivity index (χ4v) is 2.66. The molecule has 0 saturated heterocycles. The minimum Gasteiger partial charge on any atom is -0.472 e. The molecule has 2 aromatic rings. The average Bonchev–Trinajstić information content (AvgIpc) is 2.91. The Morgan fingerprint density at radius 1 is 1.11 bits per heavy atom. The second-order valence-electron chi connectivity index (χ2n) is 4.05. The van der Waals surface area contributed by atoms with Gasteiger partial charge in [-0.05, 0) is 36.1 Å². The van der Waals surface area contributed by atoms with Crippen LogP contribution in [0, 0.1) is 0 Å². The van der Waals surface area contributed by atoms with Crippen molar-refractivity contribution in [2.75, 3.05) is 12.3 Å². The van der Waals surface area contributed by atoms with Gasteiger partial charge in [0.05, 0.1) is 18.6 Å². The molecule has 96 valence electrons. The number of thioether (sulfide) groups is 1. The number of rotatable bonds is 6. The highest BCUT2D eigenvalue weighted by Crippen LogP contribution is 2.25. The van der Waals surface area contributed by atoms with Crippen LogP contribution in [0.25, 0.3) is 0 Å². The summed E-state index contributed by atoms with van der Waals surface area (Å²) < 4.78 is 5.18. The van der Waals surface area contributed by atoms with Crippen molar-refractivity contribution >= 4 is 11.8 Å². The molecule has 3 heteroatoms. The Morgan fingerprint density at radius 2 is 1.89 bits per heavy atom. The first-order valence-corrected chi connectivity index (χ1v) is 7.32. The third-order valence-electron chi connectivity index (χ3n) is 2.81.